The number of amides is 1. The predicted octanol–water partition coefficient (Wildman–Crippen LogP) is 1.66. The molecule has 0 spiro atoms. The van der Waals surface area contributed by atoms with Gasteiger partial charge in [0.15, 0.2) is 11.6 Å². The van der Waals surface area contributed by atoms with Crippen molar-refractivity contribution < 1.29 is 18.0 Å². The summed E-state index contributed by atoms with van der Waals surface area (Å²) in [7, 11) is 0. The maximum absolute atomic E-state index is 13.3. The summed E-state index contributed by atoms with van der Waals surface area (Å²) in [5, 5.41) is 7.70. The summed E-state index contributed by atoms with van der Waals surface area (Å²) >= 11 is 0. The molecule has 0 aliphatic heterocycles. The van der Waals surface area contributed by atoms with Gasteiger partial charge in [0, 0.05) is 12.1 Å². The first kappa shape index (κ1) is 12.0. The van der Waals surface area contributed by atoms with E-state index in [0.29, 0.717) is 12.1 Å². The van der Waals surface area contributed by atoms with Crippen LogP contribution in [-0.2, 0) is 0 Å². The Bertz CT molecular complexity index is 588. The predicted molar refractivity (Wildman–Crippen MR) is 57.3 cm³/mol. The number of anilines is 2. The quantitative estimate of drug-likeness (QED) is 0.764. The van der Waals surface area contributed by atoms with Gasteiger partial charge >= 0.3 is 0 Å². The maximum Gasteiger partial charge on any atom is 0.275 e. The molecule has 0 atom stereocenters. The first-order chi connectivity index (χ1) is 8.49. The van der Waals surface area contributed by atoms with Gasteiger partial charge in [-0.1, -0.05) is 0 Å². The number of benzene rings is 1. The van der Waals surface area contributed by atoms with Gasteiger partial charge in [0.2, 0.25) is 0 Å². The van der Waals surface area contributed by atoms with Crippen LogP contribution in [0.15, 0.2) is 18.3 Å². The van der Waals surface area contributed by atoms with Crippen LogP contribution in [0.4, 0.5) is 24.5 Å². The Hall–Kier alpha value is -2.51. The summed E-state index contributed by atoms with van der Waals surface area (Å²) in [6, 6.07) is 0.907. The minimum absolute atomic E-state index is 0.0235. The van der Waals surface area contributed by atoms with E-state index >= 15 is 0 Å². The van der Waals surface area contributed by atoms with Gasteiger partial charge in [0.1, 0.15) is 17.2 Å². The molecule has 1 aromatic carbocycles. The molecule has 1 amide bonds. The molecule has 0 unspecified atom stereocenters. The van der Waals surface area contributed by atoms with Crippen LogP contribution in [0.5, 0.6) is 0 Å². The fraction of sp³-hybridized carbons (Fsp3) is 0. The van der Waals surface area contributed by atoms with Gasteiger partial charge < -0.3 is 11.1 Å². The number of nitrogen functional groups attached to an aromatic ring is 1. The van der Waals surface area contributed by atoms with E-state index in [4.69, 9.17) is 5.73 Å². The van der Waals surface area contributed by atoms with E-state index in [2.05, 4.69) is 10.2 Å². The fourth-order valence-electron chi connectivity index (χ4n) is 1.31. The third-order valence-corrected chi connectivity index (χ3v) is 2.14. The molecule has 1 heterocycles. The van der Waals surface area contributed by atoms with E-state index in [1.165, 1.54) is 6.20 Å². The number of nitrogens with two attached hydrogens (primary N) is 1. The Kier molecular flexibility index (Phi) is 2.92. The molecule has 94 valence electrons. The van der Waals surface area contributed by atoms with Crippen molar-refractivity contribution in [2.75, 3.05) is 11.1 Å². The van der Waals surface area contributed by atoms with Crippen molar-refractivity contribution in [1.29, 1.82) is 0 Å². The summed E-state index contributed by atoms with van der Waals surface area (Å²) in [4.78, 5) is 11.6. The van der Waals surface area contributed by atoms with Crippen LogP contribution in [-0.4, -0.2) is 16.1 Å². The average Bonchev–Trinajstić information content (AvgIpc) is 2.69. The van der Waals surface area contributed by atoms with Gasteiger partial charge in [0.25, 0.3) is 5.91 Å². The van der Waals surface area contributed by atoms with Gasteiger partial charge in [0.05, 0.1) is 11.9 Å². The van der Waals surface area contributed by atoms with Crippen LogP contribution >= 0.6 is 0 Å². The summed E-state index contributed by atoms with van der Waals surface area (Å²) in [6.45, 7) is 0. The van der Waals surface area contributed by atoms with E-state index in [1.807, 2.05) is 5.32 Å². The minimum Gasteiger partial charge on any atom is -0.396 e. The number of nitrogens with one attached hydrogen (secondary N) is 2. The standard InChI is InChI=1S/C10H7F3N4O/c11-4-1-5(12)8(6(13)2-4)16-10(18)9-7(14)3-15-17-9/h1-3H,14H2,(H,15,17)(H,16,18). The normalized spacial score (nSPS) is 10.4. The highest BCUT2D eigenvalue weighted by molar-refractivity contribution is 6.06. The third kappa shape index (κ3) is 2.12. The van der Waals surface area contributed by atoms with Crippen LogP contribution < -0.4 is 11.1 Å². The molecule has 5 nitrogen and oxygen atoms in total. The van der Waals surface area contributed by atoms with Crippen molar-refractivity contribution in [2.24, 2.45) is 0 Å². The first-order valence-corrected chi connectivity index (χ1v) is 4.73. The fourth-order valence-corrected chi connectivity index (χ4v) is 1.31. The summed E-state index contributed by atoms with van der Waals surface area (Å²) in [6.07, 6.45) is 1.17. The number of rotatable bonds is 2. The largest absolute Gasteiger partial charge is 0.396 e. The monoisotopic (exact) mass is 256 g/mol. The second-order valence-electron chi connectivity index (χ2n) is 3.40. The number of hydrogen-bond donors (Lipinski definition) is 3. The number of H-pyrrole nitrogens is 1. The molecular formula is C10H7F3N4O. The second-order valence-corrected chi connectivity index (χ2v) is 3.40. The number of carbonyl (C=O) groups excluding carboxylic acids is 1. The van der Waals surface area contributed by atoms with Crippen molar-refractivity contribution in [1.82, 2.24) is 10.2 Å². The van der Waals surface area contributed by atoms with Crippen LogP contribution in [0.25, 0.3) is 0 Å². The molecule has 0 radical (unpaired) electrons. The van der Waals surface area contributed by atoms with E-state index in [-0.39, 0.29) is 11.4 Å². The van der Waals surface area contributed by atoms with Gasteiger partial charge in [-0.3, -0.25) is 9.89 Å². The molecule has 0 fully saturated rings. The zero-order chi connectivity index (χ0) is 13.3. The zero-order valence-electron chi connectivity index (χ0n) is 8.80. The molecule has 0 saturated heterocycles. The SMILES string of the molecule is Nc1cn[nH]c1C(=O)Nc1c(F)cc(F)cc1F. The molecule has 0 saturated carbocycles. The van der Waals surface area contributed by atoms with E-state index in [9.17, 15) is 18.0 Å². The lowest BCUT2D eigenvalue weighted by Crippen LogP contribution is -2.16. The number of hydrogen-bond acceptors (Lipinski definition) is 3. The lowest BCUT2D eigenvalue weighted by atomic mass is 10.2. The molecule has 18 heavy (non-hydrogen) atoms. The average molecular weight is 256 g/mol. The van der Waals surface area contributed by atoms with Gasteiger partial charge in [-0.2, -0.15) is 5.10 Å². The minimum atomic E-state index is -1.22. The molecule has 0 aliphatic carbocycles. The topological polar surface area (TPSA) is 83.8 Å². The van der Waals surface area contributed by atoms with Crippen molar-refractivity contribution in [2.45, 2.75) is 0 Å². The molecule has 2 rings (SSSR count). The van der Waals surface area contributed by atoms with E-state index < -0.39 is 29.0 Å². The Morgan fingerprint density at radius 3 is 2.39 bits per heavy atom. The number of carbonyl (C=O) groups is 1. The zero-order valence-corrected chi connectivity index (χ0v) is 8.80. The molecule has 2 aromatic rings. The van der Waals surface area contributed by atoms with Crippen molar-refractivity contribution in [3.63, 3.8) is 0 Å². The molecular weight excluding hydrogens is 249 g/mol. The van der Waals surface area contributed by atoms with Crippen molar-refractivity contribution in [3.8, 4) is 0 Å². The Morgan fingerprint density at radius 1 is 1.28 bits per heavy atom. The number of nitrogens with zero attached hydrogens (tertiary/aromatic N) is 1. The molecule has 0 bridgehead atoms. The summed E-state index contributed by atoms with van der Waals surface area (Å²) < 4.78 is 39.2. The van der Waals surface area contributed by atoms with Crippen LogP contribution in [0.1, 0.15) is 10.5 Å². The Balaban J connectivity index is 2.31. The summed E-state index contributed by atoms with van der Waals surface area (Å²) in [5.41, 5.74) is 4.52. The molecule has 4 N–H and O–H groups in total. The maximum atomic E-state index is 13.3. The van der Waals surface area contributed by atoms with Gasteiger partial charge in [-0.15, -0.1) is 0 Å². The highest BCUT2D eigenvalue weighted by atomic mass is 19.1. The van der Waals surface area contributed by atoms with E-state index in [1.54, 1.807) is 0 Å². The highest BCUT2D eigenvalue weighted by Gasteiger charge is 2.17. The Morgan fingerprint density at radius 2 is 1.89 bits per heavy atom. The first-order valence-electron chi connectivity index (χ1n) is 4.73. The number of aromatic amines is 1. The third-order valence-electron chi connectivity index (χ3n) is 2.14. The number of aromatic nitrogens is 2. The summed E-state index contributed by atoms with van der Waals surface area (Å²) in [5.74, 6) is -4.41. The van der Waals surface area contributed by atoms with E-state index in [0.717, 1.165) is 0 Å². The highest BCUT2D eigenvalue weighted by Crippen LogP contribution is 2.21. The second kappa shape index (κ2) is 4.40. The van der Waals surface area contributed by atoms with Crippen LogP contribution in [0, 0.1) is 17.5 Å². The molecule has 0 aliphatic rings. The molecule has 8 heteroatoms. The lowest BCUT2D eigenvalue weighted by molar-refractivity contribution is 0.102. The van der Waals surface area contributed by atoms with Gasteiger partial charge in [-0.25, -0.2) is 13.2 Å². The van der Waals surface area contributed by atoms with Crippen molar-refractivity contribution >= 4 is 17.3 Å². The smallest absolute Gasteiger partial charge is 0.275 e. The van der Waals surface area contributed by atoms with Gasteiger partial charge in [-0.05, 0) is 0 Å². The Labute approximate surface area is 98.8 Å². The molecule has 1 aromatic heterocycles. The number of halogens is 3. The van der Waals surface area contributed by atoms with Crippen LogP contribution in [0.2, 0.25) is 0 Å². The van der Waals surface area contributed by atoms with Crippen molar-refractivity contribution in [3.05, 3.63) is 41.5 Å². The van der Waals surface area contributed by atoms with Crippen LogP contribution in [0.3, 0.4) is 0 Å². The lowest BCUT2D eigenvalue weighted by Gasteiger charge is -2.07.